The van der Waals surface area contributed by atoms with Crippen molar-refractivity contribution < 1.29 is 15.0 Å². The zero-order valence-corrected chi connectivity index (χ0v) is 51.6. The molecule has 448 valence electrons. The van der Waals surface area contributed by atoms with Crippen molar-refractivity contribution >= 4 is 5.91 Å². The lowest BCUT2D eigenvalue weighted by molar-refractivity contribution is -0.123. The molecule has 0 radical (unpaired) electrons. The van der Waals surface area contributed by atoms with Crippen LogP contribution in [0.5, 0.6) is 0 Å². The van der Waals surface area contributed by atoms with Crippen molar-refractivity contribution in [1.29, 1.82) is 0 Å². The van der Waals surface area contributed by atoms with Crippen molar-refractivity contribution in [2.45, 2.75) is 302 Å². The van der Waals surface area contributed by atoms with Gasteiger partial charge in [-0.2, -0.15) is 0 Å². The lowest BCUT2D eigenvalue weighted by Crippen LogP contribution is -2.45. The molecule has 0 fully saturated rings. The first kappa shape index (κ1) is 75.0. The van der Waals surface area contributed by atoms with Crippen LogP contribution in [0.1, 0.15) is 290 Å². The second-order valence-corrected chi connectivity index (χ2v) is 21.8. The summed E-state index contributed by atoms with van der Waals surface area (Å²) in [6, 6.07) is -0.671. The monoisotopic (exact) mass is 1090 g/mol. The summed E-state index contributed by atoms with van der Waals surface area (Å²) in [6.07, 6.45) is 109. The minimum Gasteiger partial charge on any atom is -0.394 e. The zero-order chi connectivity index (χ0) is 56.9. The number of carbonyl (C=O) groups excluding carboxylic acids is 1. The molecule has 4 nitrogen and oxygen atoms in total. The van der Waals surface area contributed by atoms with Crippen LogP contribution in [-0.2, 0) is 4.79 Å². The Kier molecular flexibility index (Phi) is 64.8. The van der Waals surface area contributed by atoms with E-state index < -0.39 is 12.1 Å². The van der Waals surface area contributed by atoms with Crippen molar-refractivity contribution in [3.63, 3.8) is 0 Å². The maximum Gasteiger partial charge on any atom is 0.220 e. The lowest BCUT2D eigenvalue weighted by Gasteiger charge is -2.19. The molecule has 3 N–H and O–H groups in total. The summed E-state index contributed by atoms with van der Waals surface area (Å²) in [7, 11) is 0. The average Bonchev–Trinajstić information content (AvgIpc) is 3.45. The van der Waals surface area contributed by atoms with Crippen LogP contribution in [0.15, 0.2) is 158 Å². The molecule has 0 aliphatic rings. The maximum atomic E-state index is 12.5. The molecular formula is C75H125NO3. The standard InChI is InChI=1S/C75H125NO3/c1-3-5-7-9-11-13-15-17-19-21-23-25-27-29-31-33-35-36-37-38-39-40-41-43-45-47-49-51-53-55-57-59-61-63-65-67-69-71-75(79)76-73(72-77)74(78)70-68-66-64-62-60-58-56-54-52-50-48-46-44-42-34-32-30-28-26-24-22-20-18-16-14-12-10-8-6-4-2/h5,7,11,13,17,19,23,25,29,31,35-36,38-39,41,43,47,49,53,55,59-62,68,70,73-74,77-78H,3-4,6,8-10,12,14-16,18,20-22,24,26-28,30,32-34,37,40,42,44-46,48,50-52,54,56-58,63-67,69,71-72H2,1-2H3,(H,76,79)/b7-5-,13-11-,19-17-,25-23-,31-29-,36-35-,39-38-,43-41-,49-47-,55-53-,61-59-,62-60+,70-68+. The number of allylic oxidation sites excluding steroid dienone is 25. The molecule has 0 aromatic carbocycles. The Bertz CT molecular complexity index is 1660. The highest BCUT2D eigenvalue weighted by Crippen LogP contribution is 2.16. The average molecular weight is 1090 g/mol. The Balaban J connectivity index is 3.67. The quantitative estimate of drug-likeness (QED) is 0.0420. The summed E-state index contributed by atoms with van der Waals surface area (Å²) >= 11 is 0. The van der Waals surface area contributed by atoms with Gasteiger partial charge in [0.05, 0.1) is 18.8 Å². The molecule has 2 unspecified atom stereocenters. The van der Waals surface area contributed by atoms with E-state index in [4.69, 9.17) is 0 Å². The Labute approximate surface area is 490 Å². The third kappa shape index (κ3) is 64.7. The molecule has 0 saturated carbocycles. The lowest BCUT2D eigenvalue weighted by atomic mass is 10.0. The first-order valence-electron chi connectivity index (χ1n) is 33.2. The predicted octanol–water partition coefficient (Wildman–Crippen LogP) is 22.9. The molecular weight excluding hydrogens is 963 g/mol. The Morgan fingerprint density at radius 2 is 0.570 bits per heavy atom. The summed E-state index contributed by atoms with van der Waals surface area (Å²) in [4.78, 5) is 12.5. The molecule has 0 aromatic heterocycles. The van der Waals surface area contributed by atoms with E-state index >= 15 is 0 Å². The highest BCUT2D eigenvalue weighted by molar-refractivity contribution is 5.76. The van der Waals surface area contributed by atoms with Crippen LogP contribution in [0.4, 0.5) is 0 Å². The minimum atomic E-state index is -0.890. The normalized spacial score (nSPS) is 13.8. The molecule has 0 aliphatic heterocycles. The molecule has 4 heteroatoms. The van der Waals surface area contributed by atoms with E-state index in [9.17, 15) is 15.0 Å². The largest absolute Gasteiger partial charge is 0.394 e. The van der Waals surface area contributed by atoms with Crippen molar-refractivity contribution in [2.24, 2.45) is 0 Å². The fourth-order valence-corrected chi connectivity index (χ4v) is 9.26. The van der Waals surface area contributed by atoms with Crippen molar-refractivity contribution in [3.05, 3.63) is 158 Å². The van der Waals surface area contributed by atoms with Crippen molar-refractivity contribution in [1.82, 2.24) is 5.32 Å². The van der Waals surface area contributed by atoms with Gasteiger partial charge in [0, 0.05) is 6.42 Å². The number of amides is 1. The number of aliphatic hydroxyl groups is 2. The first-order chi connectivity index (χ1) is 39.2. The SMILES string of the molecule is CC/C=C\C/C=C\C/C=C\C/C=C\C/C=C\C/C=C\C/C=C\C/C=C\C/C=C\C/C=C\C/C=C\CCCCCC(=O)NC(CO)C(O)/C=C/CC/C=C/CCCCCCCCCCCCCCCCCCCCCCCCCC. The van der Waals surface area contributed by atoms with Gasteiger partial charge < -0.3 is 15.5 Å². The highest BCUT2D eigenvalue weighted by atomic mass is 16.3. The van der Waals surface area contributed by atoms with Gasteiger partial charge in [0.15, 0.2) is 0 Å². The van der Waals surface area contributed by atoms with E-state index in [2.05, 4.69) is 165 Å². The van der Waals surface area contributed by atoms with E-state index in [1.54, 1.807) is 6.08 Å². The molecule has 1 amide bonds. The van der Waals surface area contributed by atoms with Gasteiger partial charge in [-0.1, -0.05) is 326 Å². The van der Waals surface area contributed by atoms with Gasteiger partial charge in [0.25, 0.3) is 0 Å². The topological polar surface area (TPSA) is 69.6 Å². The maximum absolute atomic E-state index is 12.5. The number of nitrogens with one attached hydrogen (secondary N) is 1. The molecule has 2 atom stereocenters. The van der Waals surface area contributed by atoms with E-state index in [1.165, 1.54) is 154 Å². The second-order valence-electron chi connectivity index (χ2n) is 21.8. The van der Waals surface area contributed by atoms with Gasteiger partial charge in [-0.05, 0) is 116 Å². The minimum absolute atomic E-state index is 0.110. The highest BCUT2D eigenvalue weighted by Gasteiger charge is 2.18. The van der Waals surface area contributed by atoms with Crippen LogP contribution in [0.2, 0.25) is 0 Å². The van der Waals surface area contributed by atoms with E-state index in [0.29, 0.717) is 6.42 Å². The summed E-state index contributed by atoms with van der Waals surface area (Å²) < 4.78 is 0. The smallest absolute Gasteiger partial charge is 0.220 e. The van der Waals surface area contributed by atoms with Crippen LogP contribution in [0.25, 0.3) is 0 Å². The number of carbonyl (C=O) groups is 1. The van der Waals surface area contributed by atoms with E-state index in [1.807, 2.05) is 6.08 Å². The first-order valence-corrected chi connectivity index (χ1v) is 33.2. The summed E-state index contributed by atoms with van der Waals surface area (Å²) in [5.41, 5.74) is 0. The number of hydrogen-bond acceptors (Lipinski definition) is 3. The van der Waals surface area contributed by atoms with Crippen LogP contribution in [0, 0.1) is 0 Å². The van der Waals surface area contributed by atoms with Crippen molar-refractivity contribution in [3.8, 4) is 0 Å². The van der Waals surface area contributed by atoms with Crippen LogP contribution < -0.4 is 5.32 Å². The molecule has 0 spiro atoms. The van der Waals surface area contributed by atoms with Crippen LogP contribution in [0.3, 0.4) is 0 Å². The van der Waals surface area contributed by atoms with Crippen LogP contribution >= 0.6 is 0 Å². The molecule has 0 rings (SSSR count). The van der Waals surface area contributed by atoms with Gasteiger partial charge in [-0.15, -0.1) is 0 Å². The predicted molar refractivity (Wildman–Crippen MR) is 354 cm³/mol. The molecule has 0 saturated heterocycles. The van der Waals surface area contributed by atoms with Crippen LogP contribution in [-0.4, -0.2) is 34.9 Å². The van der Waals surface area contributed by atoms with E-state index in [-0.39, 0.29) is 12.5 Å². The third-order valence-corrected chi connectivity index (χ3v) is 14.2. The van der Waals surface area contributed by atoms with Gasteiger partial charge >= 0.3 is 0 Å². The summed E-state index contributed by atoms with van der Waals surface area (Å²) in [6.45, 7) is 4.18. The molecule has 79 heavy (non-hydrogen) atoms. The fraction of sp³-hybridized carbons (Fsp3) is 0.640. The zero-order valence-electron chi connectivity index (χ0n) is 51.6. The van der Waals surface area contributed by atoms with Gasteiger partial charge in [-0.25, -0.2) is 0 Å². The van der Waals surface area contributed by atoms with Crippen molar-refractivity contribution in [2.75, 3.05) is 6.61 Å². The van der Waals surface area contributed by atoms with Gasteiger partial charge in [0.2, 0.25) is 5.91 Å². The molecule has 0 aromatic rings. The number of unbranched alkanes of at least 4 members (excludes halogenated alkanes) is 28. The third-order valence-electron chi connectivity index (χ3n) is 14.2. The van der Waals surface area contributed by atoms with E-state index in [0.717, 1.165) is 116 Å². The Morgan fingerprint density at radius 3 is 0.886 bits per heavy atom. The summed E-state index contributed by atoms with van der Waals surface area (Å²) in [5.74, 6) is -0.110. The number of aliphatic hydroxyl groups excluding tert-OH is 2. The Hall–Kier alpha value is -3.99. The number of hydrogen-bond donors (Lipinski definition) is 3. The summed E-state index contributed by atoms with van der Waals surface area (Å²) in [5, 5.41) is 23.2. The fourth-order valence-electron chi connectivity index (χ4n) is 9.26. The van der Waals surface area contributed by atoms with Gasteiger partial charge in [0.1, 0.15) is 0 Å². The molecule has 0 heterocycles. The molecule has 0 bridgehead atoms. The Morgan fingerprint density at radius 1 is 0.316 bits per heavy atom. The molecule has 0 aliphatic carbocycles. The second kappa shape index (κ2) is 68.3. The number of rotatable bonds is 59. The van der Waals surface area contributed by atoms with Gasteiger partial charge in [-0.3, -0.25) is 4.79 Å².